The first-order valence-electron chi connectivity index (χ1n) is 10.5. The summed E-state index contributed by atoms with van der Waals surface area (Å²) >= 11 is 5.89. The number of fused-ring (bicyclic) bond motifs is 1. The van der Waals surface area contributed by atoms with E-state index in [1.54, 1.807) is 30.9 Å². The Kier molecular flexibility index (Phi) is 5.38. The quantitative estimate of drug-likeness (QED) is 0.458. The van der Waals surface area contributed by atoms with Gasteiger partial charge in [0, 0.05) is 50.6 Å². The molecule has 0 aliphatic carbocycles. The minimum Gasteiger partial charge on any atom is -0.370 e. The third kappa shape index (κ3) is 3.87. The van der Waals surface area contributed by atoms with Crippen LogP contribution in [0.5, 0.6) is 0 Å². The van der Waals surface area contributed by atoms with Crippen LogP contribution in [0.3, 0.4) is 0 Å². The van der Waals surface area contributed by atoms with E-state index in [0.29, 0.717) is 53.5 Å². The summed E-state index contributed by atoms with van der Waals surface area (Å²) in [4.78, 5) is 24.7. The third-order valence-electron chi connectivity index (χ3n) is 5.95. The van der Waals surface area contributed by atoms with Gasteiger partial charge < -0.3 is 9.64 Å². The van der Waals surface area contributed by atoms with Crippen LogP contribution in [0.1, 0.15) is 17.5 Å². The van der Waals surface area contributed by atoms with Crippen LogP contribution in [-0.2, 0) is 18.8 Å². The van der Waals surface area contributed by atoms with Gasteiger partial charge in [-0.05, 0) is 19.1 Å². The predicted molar refractivity (Wildman–Crippen MR) is 124 cm³/mol. The summed E-state index contributed by atoms with van der Waals surface area (Å²) in [6.45, 7) is 3.46. The summed E-state index contributed by atoms with van der Waals surface area (Å²) in [5.74, 6) is 0.646. The van der Waals surface area contributed by atoms with Crippen molar-refractivity contribution in [3.8, 4) is 11.3 Å². The van der Waals surface area contributed by atoms with Gasteiger partial charge in [0.2, 0.25) is 0 Å². The number of morpholine rings is 1. The lowest BCUT2D eigenvalue weighted by Gasteiger charge is -2.33. The van der Waals surface area contributed by atoms with Crippen molar-refractivity contribution in [2.45, 2.75) is 13.0 Å². The maximum Gasteiger partial charge on any atom is 0.263 e. The highest BCUT2D eigenvalue weighted by molar-refractivity contribution is 6.30. The van der Waals surface area contributed by atoms with Crippen LogP contribution in [0.15, 0.2) is 41.5 Å². The summed E-state index contributed by atoms with van der Waals surface area (Å²) < 4.78 is 23.5. The molecule has 0 saturated carbocycles. The summed E-state index contributed by atoms with van der Waals surface area (Å²) in [5, 5.41) is 4.58. The van der Waals surface area contributed by atoms with Crippen LogP contribution in [-0.4, -0.2) is 44.0 Å². The Morgan fingerprint density at radius 2 is 2.03 bits per heavy atom. The second kappa shape index (κ2) is 8.24. The molecule has 1 atom stereocenters. The molecule has 5 rings (SSSR count). The summed E-state index contributed by atoms with van der Waals surface area (Å²) in [7, 11) is 3.52. The minimum absolute atomic E-state index is 0.00794. The van der Waals surface area contributed by atoms with Crippen LogP contribution in [0.2, 0.25) is 5.02 Å². The number of pyridine rings is 1. The first-order chi connectivity index (χ1) is 15.8. The van der Waals surface area contributed by atoms with Crippen molar-refractivity contribution in [2.24, 2.45) is 14.1 Å². The van der Waals surface area contributed by atoms with Gasteiger partial charge in [-0.15, -0.1) is 0 Å². The zero-order valence-electron chi connectivity index (χ0n) is 18.4. The fourth-order valence-corrected chi connectivity index (χ4v) is 4.18. The Morgan fingerprint density at radius 3 is 2.76 bits per heavy atom. The molecule has 3 aromatic heterocycles. The normalized spacial score (nSPS) is 16.5. The average Bonchev–Trinajstić information content (AvgIpc) is 3.25. The zero-order chi connectivity index (χ0) is 23.3. The first-order valence-corrected chi connectivity index (χ1v) is 10.9. The van der Waals surface area contributed by atoms with Crippen molar-refractivity contribution >= 4 is 28.3 Å². The highest BCUT2D eigenvalue weighted by Crippen LogP contribution is 2.32. The van der Waals surface area contributed by atoms with E-state index in [1.165, 1.54) is 16.7 Å². The van der Waals surface area contributed by atoms with Crippen LogP contribution >= 0.6 is 11.6 Å². The number of anilines is 1. The smallest absolute Gasteiger partial charge is 0.263 e. The number of ether oxygens (including phenoxy) is 1. The molecule has 1 aromatic carbocycles. The lowest BCUT2D eigenvalue weighted by molar-refractivity contribution is 0.0395. The molecule has 1 fully saturated rings. The molecule has 1 unspecified atom stereocenters. The predicted octanol–water partition coefficient (Wildman–Crippen LogP) is 3.41. The maximum absolute atomic E-state index is 14.3. The van der Waals surface area contributed by atoms with Crippen molar-refractivity contribution in [3.05, 3.63) is 69.2 Å². The molecule has 1 aliphatic rings. The standard InChI is InChI=1S/C23H22ClFN6O2/c1-13-27-18-9-20(31-6-7-33-19(12-31)15-10-26-29(2)11-15)28-22(21(18)23(32)30(13)3)14-4-5-16(24)17(25)8-14/h4-5,8-11,19H,6-7,12H2,1-3H3. The molecule has 33 heavy (non-hydrogen) atoms. The number of hydrogen-bond acceptors (Lipinski definition) is 6. The SMILES string of the molecule is Cc1nc2cc(N3CCOC(c4cnn(C)c4)C3)nc(-c3ccc(Cl)c(F)c3)c2c(=O)n1C. The molecule has 4 aromatic rings. The second-order valence-corrected chi connectivity index (χ2v) is 8.54. The van der Waals surface area contributed by atoms with E-state index < -0.39 is 5.82 Å². The second-order valence-electron chi connectivity index (χ2n) is 8.13. The number of benzene rings is 1. The van der Waals surface area contributed by atoms with Gasteiger partial charge in [-0.2, -0.15) is 5.10 Å². The number of rotatable bonds is 3. The van der Waals surface area contributed by atoms with E-state index in [1.807, 2.05) is 19.3 Å². The van der Waals surface area contributed by atoms with Gasteiger partial charge in [0.1, 0.15) is 23.6 Å². The maximum atomic E-state index is 14.3. The van der Waals surface area contributed by atoms with E-state index >= 15 is 0 Å². The van der Waals surface area contributed by atoms with Gasteiger partial charge in [0.25, 0.3) is 5.56 Å². The zero-order valence-corrected chi connectivity index (χ0v) is 19.2. The Bertz CT molecular complexity index is 1430. The summed E-state index contributed by atoms with van der Waals surface area (Å²) in [6.07, 6.45) is 3.55. The number of halogens is 2. The molecule has 0 radical (unpaired) electrons. The Balaban J connectivity index is 1.66. The summed E-state index contributed by atoms with van der Waals surface area (Å²) in [6, 6.07) is 6.23. The molecule has 1 saturated heterocycles. The van der Waals surface area contributed by atoms with Gasteiger partial charge >= 0.3 is 0 Å². The monoisotopic (exact) mass is 468 g/mol. The van der Waals surface area contributed by atoms with Crippen molar-refractivity contribution < 1.29 is 9.13 Å². The van der Waals surface area contributed by atoms with Crippen LogP contribution < -0.4 is 10.5 Å². The highest BCUT2D eigenvalue weighted by atomic mass is 35.5. The lowest BCUT2D eigenvalue weighted by Crippen LogP contribution is -2.39. The molecule has 0 bridgehead atoms. The molecule has 0 amide bonds. The Labute approximate surface area is 194 Å². The van der Waals surface area contributed by atoms with E-state index in [2.05, 4.69) is 15.0 Å². The Hall–Kier alpha value is -3.30. The molecule has 170 valence electrons. The van der Waals surface area contributed by atoms with Gasteiger partial charge in [-0.1, -0.05) is 17.7 Å². The molecule has 10 heteroatoms. The lowest BCUT2D eigenvalue weighted by atomic mass is 10.1. The van der Waals surface area contributed by atoms with Crippen molar-refractivity contribution in [2.75, 3.05) is 24.6 Å². The van der Waals surface area contributed by atoms with E-state index in [4.69, 9.17) is 21.3 Å². The molecule has 4 heterocycles. The van der Waals surface area contributed by atoms with Gasteiger partial charge in [0.15, 0.2) is 0 Å². The molecule has 0 spiro atoms. The highest BCUT2D eigenvalue weighted by Gasteiger charge is 2.26. The Morgan fingerprint density at radius 1 is 1.21 bits per heavy atom. The molecule has 0 N–H and O–H groups in total. The summed E-state index contributed by atoms with van der Waals surface area (Å²) in [5.41, 5.74) is 2.08. The topological polar surface area (TPSA) is 78.1 Å². The molecule has 8 nitrogen and oxygen atoms in total. The average molecular weight is 469 g/mol. The fraction of sp³-hybridized carbons (Fsp3) is 0.304. The number of aromatic nitrogens is 5. The fourth-order valence-electron chi connectivity index (χ4n) is 4.06. The van der Waals surface area contributed by atoms with Crippen LogP contribution in [0.25, 0.3) is 22.2 Å². The van der Waals surface area contributed by atoms with Crippen LogP contribution in [0, 0.1) is 12.7 Å². The largest absolute Gasteiger partial charge is 0.370 e. The van der Waals surface area contributed by atoms with Gasteiger partial charge in [-0.3, -0.25) is 14.0 Å². The van der Waals surface area contributed by atoms with Crippen molar-refractivity contribution in [3.63, 3.8) is 0 Å². The third-order valence-corrected chi connectivity index (χ3v) is 6.26. The molecular weight excluding hydrogens is 447 g/mol. The number of hydrogen-bond donors (Lipinski definition) is 0. The van der Waals surface area contributed by atoms with E-state index in [9.17, 15) is 9.18 Å². The van der Waals surface area contributed by atoms with Crippen LogP contribution in [0.4, 0.5) is 10.2 Å². The van der Waals surface area contributed by atoms with Gasteiger partial charge in [0.05, 0.1) is 34.4 Å². The molecular formula is C23H22ClFN6O2. The minimum atomic E-state index is -0.575. The number of aryl methyl sites for hydroxylation is 2. The van der Waals surface area contributed by atoms with Crippen molar-refractivity contribution in [1.29, 1.82) is 0 Å². The van der Waals surface area contributed by atoms with E-state index in [0.717, 1.165) is 5.56 Å². The van der Waals surface area contributed by atoms with Crippen molar-refractivity contribution in [1.82, 2.24) is 24.3 Å². The number of nitrogens with zero attached hydrogens (tertiary/aromatic N) is 6. The van der Waals surface area contributed by atoms with E-state index in [-0.39, 0.29) is 16.7 Å². The van der Waals surface area contributed by atoms with Gasteiger partial charge in [-0.25, -0.2) is 14.4 Å². The first kappa shape index (κ1) is 21.5. The molecule has 1 aliphatic heterocycles.